The fraction of sp³-hybridized carbons (Fsp3) is 0.533. The van der Waals surface area contributed by atoms with Gasteiger partial charge in [0.15, 0.2) is 0 Å². The third-order valence-electron chi connectivity index (χ3n) is 3.39. The molecule has 0 saturated carbocycles. The highest BCUT2D eigenvalue weighted by Gasteiger charge is 2.12. The maximum atomic E-state index is 11.9. The molecular formula is C15H22ClNO3. The number of ether oxygens (including phenoxy) is 2. The van der Waals surface area contributed by atoms with Crippen LogP contribution in [0.3, 0.4) is 0 Å². The smallest absolute Gasteiger partial charge is 0.338 e. The number of carbonyl (C=O) groups is 1. The predicted molar refractivity (Wildman–Crippen MR) is 80.8 cm³/mol. The summed E-state index contributed by atoms with van der Waals surface area (Å²) in [5.41, 5.74) is 0.540. The van der Waals surface area contributed by atoms with E-state index in [1.54, 1.807) is 25.3 Å². The van der Waals surface area contributed by atoms with Gasteiger partial charge in [-0.3, -0.25) is 4.90 Å². The van der Waals surface area contributed by atoms with Crippen LogP contribution in [0.5, 0.6) is 5.75 Å². The highest BCUT2D eigenvalue weighted by Crippen LogP contribution is 2.13. The summed E-state index contributed by atoms with van der Waals surface area (Å²) in [4.78, 5) is 14.2. The second kappa shape index (κ2) is 8.82. The molecule has 4 nitrogen and oxygen atoms in total. The molecule has 1 aromatic carbocycles. The van der Waals surface area contributed by atoms with Crippen LogP contribution < -0.4 is 4.74 Å². The van der Waals surface area contributed by atoms with Crippen molar-refractivity contribution < 1.29 is 14.3 Å². The number of nitrogens with zero attached hydrogens (tertiary/aromatic N) is 1. The first-order valence-corrected chi connectivity index (χ1v) is 6.83. The number of piperidine rings is 1. The van der Waals surface area contributed by atoms with Crippen molar-refractivity contribution in [2.45, 2.75) is 19.3 Å². The number of halogens is 1. The fourth-order valence-electron chi connectivity index (χ4n) is 2.28. The molecule has 0 aliphatic carbocycles. The van der Waals surface area contributed by atoms with Gasteiger partial charge in [-0.1, -0.05) is 12.5 Å². The lowest BCUT2D eigenvalue weighted by atomic mass is 10.1. The van der Waals surface area contributed by atoms with Gasteiger partial charge in [-0.25, -0.2) is 4.79 Å². The number of hydrogen-bond acceptors (Lipinski definition) is 4. The van der Waals surface area contributed by atoms with E-state index in [0.29, 0.717) is 17.9 Å². The zero-order valence-electron chi connectivity index (χ0n) is 11.8. The van der Waals surface area contributed by atoms with Crippen LogP contribution in [0.2, 0.25) is 0 Å². The second-order valence-electron chi connectivity index (χ2n) is 4.77. The van der Waals surface area contributed by atoms with Gasteiger partial charge >= 0.3 is 5.97 Å². The summed E-state index contributed by atoms with van der Waals surface area (Å²) in [5.74, 6) is 0.390. The molecule has 0 bridgehead atoms. The normalized spacial score (nSPS) is 15.2. The Kier molecular flexibility index (Phi) is 7.41. The molecule has 0 radical (unpaired) electrons. The molecular weight excluding hydrogens is 278 g/mol. The van der Waals surface area contributed by atoms with Crippen molar-refractivity contribution in [2.75, 3.05) is 33.4 Å². The minimum absolute atomic E-state index is 0. The Morgan fingerprint density at radius 1 is 1.25 bits per heavy atom. The molecule has 0 aromatic heterocycles. The SMILES string of the molecule is COc1cccc(C(=O)OCCN2CCCCC2)c1.Cl. The van der Waals surface area contributed by atoms with Crippen molar-refractivity contribution in [1.29, 1.82) is 0 Å². The van der Waals surface area contributed by atoms with Crippen LogP contribution in [0, 0.1) is 0 Å². The monoisotopic (exact) mass is 299 g/mol. The molecule has 1 aromatic rings. The molecule has 5 heteroatoms. The number of esters is 1. The van der Waals surface area contributed by atoms with Crippen molar-refractivity contribution in [2.24, 2.45) is 0 Å². The van der Waals surface area contributed by atoms with Gasteiger partial charge in [0, 0.05) is 6.54 Å². The van der Waals surface area contributed by atoms with Gasteiger partial charge < -0.3 is 9.47 Å². The molecule has 1 fully saturated rings. The summed E-state index contributed by atoms with van der Waals surface area (Å²) in [6.45, 7) is 3.53. The Balaban J connectivity index is 0.00000200. The maximum absolute atomic E-state index is 11.9. The number of hydrogen-bond donors (Lipinski definition) is 0. The summed E-state index contributed by atoms with van der Waals surface area (Å²) < 4.78 is 10.4. The van der Waals surface area contributed by atoms with Crippen molar-refractivity contribution in [3.8, 4) is 5.75 Å². The standard InChI is InChI=1S/C15H21NO3.ClH/c1-18-14-7-5-6-13(12-14)15(17)19-11-10-16-8-3-2-4-9-16;/h5-7,12H,2-4,8-11H2,1H3;1H. The van der Waals surface area contributed by atoms with E-state index in [1.165, 1.54) is 19.3 Å². The molecule has 0 amide bonds. The Morgan fingerprint density at radius 3 is 2.70 bits per heavy atom. The molecule has 2 rings (SSSR count). The topological polar surface area (TPSA) is 38.8 Å². The van der Waals surface area contributed by atoms with Crippen LogP contribution in [0.4, 0.5) is 0 Å². The lowest BCUT2D eigenvalue weighted by Gasteiger charge is -2.25. The quantitative estimate of drug-likeness (QED) is 0.784. The van der Waals surface area contributed by atoms with E-state index in [0.717, 1.165) is 19.6 Å². The Morgan fingerprint density at radius 2 is 2.00 bits per heavy atom. The van der Waals surface area contributed by atoms with Crippen LogP contribution >= 0.6 is 12.4 Å². The molecule has 0 spiro atoms. The molecule has 0 atom stereocenters. The van der Waals surface area contributed by atoms with Gasteiger partial charge in [-0.2, -0.15) is 0 Å². The van der Waals surface area contributed by atoms with Crippen molar-refractivity contribution in [3.63, 3.8) is 0 Å². The molecule has 20 heavy (non-hydrogen) atoms. The number of likely N-dealkylation sites (tertiary alicyclic amines) is 1. The number of carbonyl (C=O) groups excluding carboxylic acids is 1. The molecule has 1 aliphatic heterocycles. The molecule has 112 valence electrons. The van der Waals surface area contributed by atoms with E-state index in [-0.39, 0.29) is 18.4 Å². The minimum atomic E-state index is -0.282. The first kappa shape index (κ1) is 16.8. The zero-order chi connectivity index (χ0) is 13.5. The lowest BCUT2D eigenvalue weighted by Crippen LogP contribution is -2.33. The number of benzene rings is 1. The lowest BCUT2D eigenvalue weighted by molar-refractivity contribution is 0.0451. The minimum Gasteiger partial charge on any atom is -0.497 e. The summed E-state index contributed by atoms with van der Waals surface area (Å²) >= 11 is 0. The molecule has 1 aliphatic rings. The molecule has 1 heterocycles. The van der Waals surface area contributed by atoms with Gasteiger partial charge in [0.2, 0.25) is 0 Å². The summed E-state index contributed by atoms with van der Waals surface area (Å²) in [6.07, 6.45) is 3.83. The zero-order valence-corrected chi connectivity index (χ0v) is 12.7. The molecule has 0 unspecified atom stereocenters. The predicted octanol–water partition coefficient (Wildman–Crippen LogP) is 2.76. The van der Waals surface area contributed by atoms with Gasteiger partial charge in [-0.05, 0) is 44.1 Å². The number of methoxy groups -OCH3 is 1. The van der Waals surface area contributed by atoms with Crippen LogP contribution in [0.1, 0.15) is 29.6 Å². The average Bonchev–Trinajstić information content (AvgIpc) is 2.48. The van der Waals surface area contributed by atoms with Gasteiger partial charge in [0.25, 0.3) is 0 Å². The Bertz CT molecular complexity index is 419. The highest BCUT2D eigenvalue weighted by atomic mass is 35.5. The van der Waals surface area contributed by atoms with Gasteiger partial charge in [0.05, 0.1) is 12.7 Å². The van der Waals surface area contributed by atoms with E-state index in [1.807, 2.05) is 6.07 Å². The van der Waals surface area contributed by atoms with E-state index in [4.69, 9.17) is 9.47 Å². The number of rotatable bonds is 5. The third-order valence-corrected chi connectivity index (χ3v) is 3.39. The van der Waals surface area contributed by atoms with E-state index >= 15 is 0 Å². The first-order chi connectivity index (χ1) is 9.29. The van der Waals surface area contributed by atoms with Crippen molar-refractivity contribution in [3.05, 3.63) is 29.8 Å². The molecule has 1 saturated heterocycles. The van der Waals surface area contributed by atoms with E-state index in [2.05, 4.69) is 4.90 Å². The highest BCUT2D eigenvalue weighted by molar-refractivity contribution is 5.89. The summed E-state index contributed by atoms with van der Waals surface area (Å²) in [5, 5.41) is 0. The largest absolute Gasteiger partial charge is 0.497 e. The molecule has 0 N–H and O–H groups in total. The summed E-state index contributed by atoms with van der Waals surface area (Å²) in [7, 11) is 1.58. The first-order valence-electron chi connectivity index (χ1n) is 6.83. The third kappa shape index (κ3) is 5.02. The Hall–Kier alpha value is -1.26. The maximum Gasteiger partial charge on any atom is 0.338 e. The van der Waals surface area contributed by atoms with E-state index in [9.17, 15) is 4.79 Å². The summed E-state index contributed by atoms with van der Waals surface area (Å²) in [6, 6.07) is 7.04. The second-order valence-corrected chi connectivity index (χ2v) is 4.77. The van der Waals surface area contributed by atoms with Crippen molar-refractivity contribution >= 4 is 18.4 Å². The fourth-order valence-corrected chi connectivity index (χ4v) is 2.28. The van der Waals surface area contributed by atoms with Gasteiger partial charge in [0.1, 0.15) is 12.4 Å². The van der Waals surface area contributed by atoms with Crippen molar-refractivity contribution in [1.82, 2.24) is 4.90 Å². The van der Waals surface area contributed by atoms with Crippen LogP contribution in [0.15, 0.2) is 24.3 Å². The average molecular weight is 300 g/mol. The van der Waals surface area contributed by atoms with Crippen LogP contribution in [0.25, 0.3) is 0 Å². The Labute approximate surface area is 126 Å². The van der Waals surface area contributed by atoms with Crippen LogP contribution in [-0.2, 0) is 4.74 Å². The van der Waals surface area contributed by atoms with Gasteiger partial charge in [-0.15, -0.1) is 12.4 Å². The van der Waals surface area contributed by atoms with Crippen LogP contribution in [-0.4, -0.2) is 44.2 Å². The van der Waals surface area contributed by atoms with E-state index < -0.39 is 0 Å².